The van der Waals surface area contributed by atoms with Gasteiger partial charge in [0.1, 0.15) is 6.07 Å². The molecule has 2 aliphatic rings. The zero-order valence-electron chi connectivity index (χ0n) is 15.6. The van der Waals surface area contributed by atoms with Crippen molar-refractivity contribution in [1.29, 1.82) is 5.26 Å². The molecule has 0 aromatic carbocycles. The molecule has 0 N–H and O–H groups in total. The highest BCUT2D eigenvalue weighted by molar-refractivity contribution is 6.02. The maximum Gasteiger partial charge on any atom is 0.220 e. The number of nitrogens with zero attached hydrogens (tertiary/aromatic N) is 4. The van der Waals surface area contributed by atoms with Gasteiger partial charge >= 0.3 is 0 Å². The van der Waals surface area contributed by atoms with Gasteiger partial charge in [-0.15, -0.1) is 0 Å². The first kappa shape index (κ1) is 17.3. The van der Waals surface area contributed by atoms with E-state index in [-0.39, 0.29) is 23.2 Å². The molecule has 2 heterocycles. The van der Waals surface area contributed by atoms with Gasteiger partial charge in [0.05, 0.1) is 18.4 Å². The van der Waals surface area contributed by atoms with E-state index < -0.39 is 5.41 Å². The third-order valence-corrected chi connectivity index (χ3v) is 5.93. The molecule has 0 spiro atoms. The molecule has 0 saturated carbocycles. The van der Waals surface area contributed by atoms with Gasteiger partial charge < -0.3 is 4.74 Å². The number of aromatic nitrogens is 3. The maximum atomic E-state index is 12.5. The first-order valence-corrected chi connectivity index (χ1v) is 9.02. The first-order chi connectivity index (χ1) is 13.0. The summed E-state index contributed by atoms with van der Waals surface area (Å²) in [6.45, 7) is 3.99. The molecule has 0 amide bonds. The van der Waals surface area contributed by atoms with Crippen LogP contribution in [-0.4, -0.2) is 27.8 Å². The number of hydrogen-bond acceptors (Lipinski definition) is 6. The molecular formula is C21H20N4O2. The molecule has 3 atom stereocenters. The Bertz CT molecular complexity index is 993. The number of methoxy groups -OCH3 is 1. The van der Waals surface area contributed by atoms with Crippen molar-refractivity contribution in [3.63, 3.8) is 0 Å². The molecule has 0 fully saturated rings. The summed E-state index contributed by atoms with van der Waals surface area (Å²) in [4.78, 5) is 26.1. The van der Waals surface area contributed by atoms with Crippen molar-refractivity contribution in [2.45, 2.75) is 32.1 Å². The van der Waals surface area contributed by atoms with Crippen molar-refractivity contribution in [3.05, 3.63) is 47.4 Å². The predicted molar refractivity (Wildman–Crippen MR) is 98.8 cm³/mol. The summed E-state index contributed by atoms with van der Waals surface area (Å²) < 4.78 is 5.58. The molecule has 2 aromatic heterocycles. The molecule has 4 rings (SSSR count). The van der Waals surface area contributed by atoms with Crippen LogP contribution in [0.3, 0.4) is 0 Å². The number of pyridine rings is 1. The van der Waals surface area contributed by atoms with Gasteiger partial charge in [-0.1, -0.05) is 19.9 Å². The Morgan fingerprint density at radius 1 is 1.30 bits per heavy atom. The second kappa shape index (κ2) is 6.27. The summed E-state index contributed by atoms with van der Waals surface area (Å²) in [5.74, 6) is 0.931. The molecule has 6 heteroatoms. The molecule has 6 nitrogen and oxygen atoms in total. The predicted octanol–water partition coefficient (Wildman–Crippen LogP) is 3.04. The maximum absolute atomic E-state index is 12.5. The second-order valence-corrected chi connectivity index (χ2v) is 7.37. The molecule has 2 aromatic rings. The van der Waals surface area contributed by atoms with Gasteiger partial charge in [-0.25, -0.2) is 4.98 Å². The standard InChI is InChI=1S/C21H20N4O2/c1-12-16-5-4-15-18(21(16,2)10-14(11-22)17(12)26)24-19(25-20(15)27-3)13-6-8-23-9-7-13/h6-10,12,16H,4-5H2,1-3H3. The Morgan fingerprint density at radius 3 is 2.70 bits per heavy atom. The fraction of sp³-hybridized carbons (Fsp3) is 0.381. The van der Waals surface area contributed by atoms with E-state index in [1.165, 1.54) is 0 Å². The molecule has 0 saturated heterocycles. The third-order valence-electron chi connectivity index (χ3n) is 5.93. The Hall–Kier alpha value is -3.07. The van der Waals surface area contributed by atoms with Gasteiger partial charge in [-0.05, 0) is 30.9 Å². The first-order valence-electron chi connectivity index (χ1n) is 9.02. The number of Topliss-reactive ketones (excluding diaryl/α,β-unsaturated/α-hetero) is 1. The lowest BCUT2D eigenvalue weighted by Crippen LogP contribution is -2.46. The van der Waals surface area contributed by atoms with Gasteiger partial charge in [-0.3, -0.25) is 9.78 Å². The number of allylic oxidation sites excluding steroid dienone is 2. The Labute approximate surface area is 157 Å². The topological polar surface area (TPSA) is 88.8 Å². The van der Waals surface area contributed by atoms with Crippen LogP contribution < -0.4 is 4.74 Å². The van der Waals surface area contributed by atoms with Crippen LogP contribution in [-0.2, 0) is 16.6 Å². The number of ketones is 1. The molecule has 0 radical (unpaired) electrons. The lowest BCUT2D eigenvalue weighted by Gasteiger charge is -2.45. The van der Waals surface area contributed by atoms with E-state index in [0.29, 0.717) is 11.7 Å². The molecule has 3 unspecified atom stereocenters. The number of nitriles is 1. The lowest BCUT2D eigenvalue weighted by molar-refractivity contribution is -0.121. The Morgan fingerprint density at radius 2 is 2.04 bits per heavy atom. The van der Waals surface area contributed by atoms with Gasteiger partial charge in [0.25, 0.3) is 0 Å². The largest absolute Gasteiger partial charge is 0.481 e. The summed E-state index contributed by atoms with van der Waals surface area (Å²) in [5, 5.41) is 9.46. The minimum Gasteiger partial charge on any atom is -0.481 e. The highest BCUT2D eigenvalue weighted by atomic mass is 16.5. The normalized spacial score (nSPS) is 26.4. The SMILES string of the molecule is COc1nc(-c2ccncc2)nc2c1CCC1C(C)C(=O)C(C#N)=CC21C. The van der Waals surface area contributed by atoms with Crippen LogP contribution >= 0.6 is 0 Å². The van der Waals surface area contributed by atoms with E-state index in [0.717, 1.165) is 29.7 Å². The van der Waals surface area contributed by atoms with Crippen LogP contribution in [0.15, 0.2) is 36.2 Å². The van der Waals surface area contributed by atoms with E-state index in [1.54, 1.807) is 25.6 Å². The summed E-state index contributed by atoms with van der Waals surface area (Å²) in [6, 6.07) is 5.79. The van der Waals surface area contributed by atoms with E-state index in [2.05, 4.69) is 23.0 Å². The van der Waals surface area contributed by atoms with Crippen LogP contribution in [0.4, 0.5) is 0 Å². The fourth-order valence-corrected chi connectivity index (χ4v) is 4.54. The van der Waals surface area contributed by atoms with Gasteiger partial charge in [0.15, 0.2) is 11.6 Å². The average Bonchev–Trinajstić information content (AvgIpc) is 2.70. The summed E-state index contributed by atoms with van der Waals surface area (Å²) >= 11 is 0. The van der Waals surface area contributed by atoms with Crippen molar-refractivity contribution in [2.75, 3.05) is 7.11 Å². The number of fused-ring (bicyclic) bond motifs is 3. The smallest absolute Gasteiger partial charge is 0.220 e. The van der Waals surface area contributed by atoms with Crippen molar-refractivity contribution in [1.82, 2.24) is 15.0 Å². The van der Waals surface area contributed by atoms with Crippen molar-refractivity contribution in [3.8, 4) is 23.3 Å². The minimum atomic E-state index is -0.510. The molecule has 2 aliphatic carbocycles. The van der Waals surface area contributed by atoms with Crippen molar-refractivity contribution >= 4 is 5.78 Å². The zero-order chi connectivity index (χ0) is 19.2. The van der Waals surface area contributed by atoms with Crippen LogP contribution in [0.5, 0.6) is 5.88 Å². The molecular weight excluding hydrogens is 340 g/mol. The van der Waals surface area contributed by atoms with Crippen LogP contribution in [0.2, 0.25) is 0 Å². The quantitative estimate of drug-likeness (QED) is 0.818. The third kappa shape index (κ3) is 2.54. The zero-order valence-corrected chi connectivity index (χ0v) is 15.6. The fourth-order valence-electron chi connectivity index (χ4n) is 4.54. The van der Waals surface area contributed by atoms with Crippen LogP contribution in [0.1, 0.15) is 31.5 Å². The summed E-state index contributed by atoms with van der Waals surface area (Å²) in [5.41, 5.74) is 2.37. The second-order valence-electron chi connectivity index (χ2n) is 7.37. The van der Waals surface area contributed by atoms with Crippen molar-refractivity contribution in [2.24, 2.45) is 11.8 Å². The van der Waals surface area contributed by atoms with Gasteiger partial charge in [0, 0.05) is 34.9 Å². The van der Waals surface area contributed by atoms with Gasteiger partial charge in [-0.2, -0.15) is 10.2 Å². The molecule has 0 bridgehead atoms. The number of rotatable bonds is 2. The number of ether oxygens (including phenoxy) is 1. The van der Waals surface area contributed by atoms with Crippen LogP contribution in [0.25, 0.3) is 11.4 Å². The van der Waals surface area contributed by atoms with E-state index in [9.17, 15) is 10.1 Å². The molecule has 27 heavy (non-hydrogen) atoms. The lowest BCUT2D eigenvalue weighted by atomic mass is 9.58. The monoisotopic (exact) mass is 360 g/mol. The van der Waals surface area contributed by atoms with Crippen LogP contribution in [0, 0.1) is 23.2 Å². The highest BCUT2D eigenvalue weighted by Crippen LogP contribution is 2.50. The number of carbonyl (C=O) groups excluding carboxylic acids is 1. The molecule has 0 aliphatic heterocycles. The van der Waals surface area contributed by atoms with E-state index >= 15 is 0 Å². The van der Waals surface area contributed by atoms with E-state index in [1.807, 2.05) is 19.1 Å². The molecule has 136 valence electrons. The van der Waals surface area contributed by atoms with Crippen molar-refractivity contribution < 1.29 is 9.53 Å². The Balaban J connectivity index is 1.98. The summed E-state index contributed by atoms with van der Waals surface area (Å²) in [6.07, 6.45) is 6.79. The Kier molecular flexibility index (Phi) is 4.03. The van der Waals surface area contributed by atoms with Gasteiger partial charge in [0.2, 0.25) is 5.88 Å². The number of carbonyl (C=O) groups is 1. The highest BCUT2D eigenvalue weighted by Gasteiger charge is 2.49. The average molecular weight is 360 g/mol. The number of hydrogen-bond donors (Lipinski definition) is 0. The minimum absolute atomic E-state index is 0.0706. The van der Waals surface area contributed by atoms with E-state index in [4.69, 9.17) is 9.72 Å². The summed E-state index contributed by atoms with van der Waals surface area (Å²) in [7, 11) is 1.61.